The number of para-hydroxylation sites is 1. The zero-order chi connectivity index (χ0) is 15.2. The third kappa shape index (κ3) is 5.06. The first-order valence-corrected chi connectivity index (χ1v) is 7.99. The van der Waals surface area contributed by atoms with Crippen LogP contribution in [0.2, 0.25) is 5.02 Å². The number of carbonyl (C=O) groups excluding carboxylic acids is 1. The molecule has 2 aromatic rings. The van der Waals surface area contributed by atoms with Gasteiger partial charge in [0.1, 0.15) is 5.82 Å². The van der Waals surface area contributed by atoms with Crippen molar-refractivity contribution in [3.63, 3.8) is 0 Å². The molecule has 0 saturated heterocycles. The zero-order valence-electron chi connectivity index (χ0n) is 11.9. The molecule has 5 nitrogen and oxygen atoms in total. The number of H-pyrrole nitrogens is 1. The van der Waals surface area contributed by atoms with E-state index in [4.69, 9.17) is 11.6 Å². The number of rotatable bonds is 6. The average Bonchev–Trinajstić information content (AvgIpc) is 2.86. The van der Waals surface area contributed by atoms with Gasteiger partial charge >= 0.3 is 0 Å². The number of anilines is 1. The van der Waals surface area contributed by atoms with Gasteiger partial charge in [-0.2, -0.15) is 0 Å². The predicted octanol–water partition coefficient (Wildman–Crippen LogP) is 3.39. The number of nitrogens with zero attached hydrogens (tertiary/aromatic N) is 2. The highest BCUT2D eigenvalue weighted by Crippen LogP contribution is 2.21. The molecular weight excluding hydrogens is 308 g/mol. The Labute approximate surface area is 132 Å². The Morgan fingerprint density at radius 2 is 2.19 bits per heavy atom. The lowest BCUT2D eigenvalue weighted by Gasteiger charge is -2.05. The summed E-state index contributed by atoms with van der Waals surface area (Å²) in [6.45, 7) is 4.23. The molecule has 1 aromatic carbocycles. The van der Waals surface area contributed by atoms with Crippen LogP contribution in [-0.2, 0) is 11.2 Å². The van der Waals surface area contributed by atoms with E-state index in [0.717, 1.165) is 12.2 Å². The van der Waals surface area contributed by atoms with Crippen molar-refractivity contribution in [2.45, 2.75) is 25.4 Å². The van der Waals surface area contributed by atoms with Crippen molar-refractivity contribution in [3.8, 4) is 0 Å². The zero-order valence-corrected chi connectivity index (χ0v) is 13.5. The number of thioether (sulfide) groups is 1. The van der Waals surface area contributed by atoms with Crippen molar-refractivity contribution < 1.29 is 4.79 Å². The van der Waals surface area contributed by atoms with E-state index in [0.29, 0.717) is 21.8 Å². The number of hydrogen-bond donors (Lipinski definition) is 2. The van der Waals surface area contributed by atoms with Gasteiger partial charge < -0.3 is 5.32 Å². The summed E-state index contributed by atoms with van der Waals surface area (Å²) in [6, 6.07) is 7.13. The van der Waals surface area contributed by atoms with Gasteiger partial charge in [-0.05, 0) is 18.1 Å². The Kier molecular flexibility index (Phi) is 5.64. The molecule has 1 aromatic heterocycles. The summed E-state index contributed by atoms with van der Waals surface area (Å²) in [5.74, 6) is 1.46. The summed E-state index contributed by atoms with van der Waals surface area (Å²) in [7, 11) is 0. The molecule has 112 valence electrons. The summed E-state index contributed by atoms with van der Waals surface area (Å²) in [4.78, 5) is 16.2. The third-order valence-corrected chi connectivity index (χ3v) is 3.77. The van der Waals surface area contributed by atoms with E-state index in [1.807, 2.05) is 12.1 Å². The van der Waals surface area contributed by atoms with Crippen molar-refractivity contribution in [3.05, 3.63) is 35.1 Å². The molecule has 7 heteroatoms. The first kappa shape index (κ1) is 15.9. The SMILES string of the molecule is CC(C)Cc1nc(SCC(=O)Nc2ccccc2Cl)n[nH]1. The summed E-state index contributed by atoms with van der Waals surface area (Å²) >= 11 is 7.28. The minimum absolute atomic E-state index is 0.136. The van der Waals surface area contributed by atoms with Crippen LogP contribution >= 0.6 is 23.4 Å². The van der Waals surface area contributed by atoms with Gasteiger partial charge in [-0.3, -0.25) is 9.89 Å². The summed E-state index contributed by atoms with van der Waals surface area (Å²) in [5.41, 5.74) is 0.611. The molecule has 0 unspecified atom stereocenters. The minimum Gasteiger partial charge on any atom is -0.324 e. The van der Waals surface area contributed by atoms with E-state index in [1.54, 1.807) is 12.1 Å². The van der Waals surface area contributed by atoms with Gasteiger partial charge in [0.15, 0.2) is 0 Å². The standard InChI is InChI=1S/C14H17ClN4OS/c1-9(2)7-12-17-14(19-18-12)21-8-13(20)16-11-6-4-3-5-10(11)15/h3-6,9H,7-8H2,1-2H3,(H,16,20)(H,17,18,19). The van der Waals surface area contributed by atoms with Crippen LogP contribution in [0.25, 0.3) is 0 Å². The van der Waals surface area contributed by atoms with Crippen LogP contribution in [-0.4, -0.2) is 26.8 Å². The quantitative estimate of drug-likeness (QED) is 0.799. The maximum atomic E-state index is 11.9. The van der Waals surface area contributed by atoms with Crippen molar-refractivity contribution in [2.24, 2.45) is 5.92 Å². The fourth-order valence-electron chi connectivity index (χ4n) is 1.70. The van der Waals surface area contributed by atoms with Gasteiger partial charge in [0, 0.05) is 6.42 Å². The topological polar surface area (TPSA) is 70.7 Å². The van der Waals surface area contributed by atoms with Crippen LogP contribution in [0.15, 0.2) is 29.4 Å². The van der Waals surface area contributed by atoms with Gasteiger partial charge in [-0.15, -0.1) is 5.10 Å². The maximum Gasteiger partial charge on any atom is 0.234 e. The molecule has 1 amide bonds. The van der Waals surface area contributed by atoms with Crippen molar-refractivity contribution in [2.75, 3.05) is 11.1 Å². The highest BCUT2D eigenvalue weighted by Gasteiger charge is 2.10. The number of benzene rings is 1. The molecule has 2 rings (SSSR count). The van der Waals surface area contributed by atoms with E-state index in [2.05, 4.69) is 34.3 Å². The molecule has 0 aliphatic heterocycles. The number of aromatic amines is 1. The molecule has 0 saturated carbocycles. The van der Waals surface area contributed by atoms with Gasteiger partial charge in [0.25, 0.3) is 0 Å². The predicted molar refractivity (Wildman–Crippen MR) is 85.7 cm³/mol. The van der Waals surface area contributed by atoms with Crippen LogP contribution < -0.4 is 5.32 Å². The maximum absolute atomic E-state index is 11.9. The van der Waals surface area contributed by atoms with Crippen LogP contribution in [0.1, 0.15) is 19.7 Å². The fourth-order valence-corrected chi connectivity index (χ4v) is 2.50. The normalized spacial score (nSPS) is 10.9. The summed E-state index contributed by atoms with van der Waals surface area (Å²) < 4.78 is 0. The Bertz CT molecular complexity index is 615. The number of halogens is 1. The highest BCUT2D eigenvalue weighted by molar-refractivity contribution is 7.99. The van der Waals surface area contributed by atoms with E-state index >= 15 is 0 Å². The molecular formula is C14H17ClN4OS. The second kappa shape index (κ2) is 7.47. The summed E-state index contributed by atoms with van der Waals surface area (Å²) in [5, 5.41) is 10.8. The van der Waals surface area contributed by atoms with Crippen LogP contribution in [0.5, 0.6) is 0 Å². The molecule has 1 heterocycles. The van der Waals surface area contributed by atoms with Crippen LogP contribution in [0.3, 0.4) is 0 Å². The molecule has 0 aliphatic carbocycles. The fraction of sp³-hybridized carbons (Fsp3) is 0.357. The first-order chi connectivity index (χ1) is 10.0. The van der Waals surface area contributed by atoms with E-state index in [9.17, 15) is 4.79 Å². The summed E-state index contributed by atoms with van der Waals surface area (Å²) in [6.07, 6.45) is 0.847. The molecule has 0 bridgehead atoms. The smallest absolute Gasteiger partial charge is 0.234 e. The number of amides is 1. The molecule has 0 radical (unpaired) electrons. The lowest BCUT2D eigenvalue weighted by atomic mass is 10.1. The highest BCUT2D eigenvalue weighted by atomic mass is 35.5. The molecule has 21 heavy (non-hydrogen) atoms. The lowest BCUT2D eigenvalue weighted by Crippen LogP contribution is -2.14. The lowest BCUT2D eigenvalue weighted by molar-refractivity contribution is -0.113. The van der Waals surface area contributed by atoms with E-state index < -0.39 is 0 Å². The molecule has 0 aliphatic rings. The van der Waals surface area contributed by atoms with Gasteiger partial charge in [-0.1, -0.05) is 49.3 Å². The van der Waals surface area contributed by atoms with Crippen LogP contribution in [0, 0.1) is 5.92 Å². The number of carbonyl (C=O) groups is 1. The number of aromatic nitrogens is 3. The first-order valence-electron chi connectivity index (χ1n) is 6.63. The second-order valence-electron chi connectivity index (χ2n) is 4.98. The Balaban J connectivity index is 1.84. The number of nitrogens with one attached hydrogen (secondary N) is 2. The monoisotopic (exact) mass is 324 g/mol. The molecule has 0 fully saturated rings. The van der Waals surface area contributed by atoms with Crippen molar-refractivity contribution >= 4 is 35.0 Å². The minimum atomic E-state index is -0.136. The Hall–Kier alpha value is -1.53. The van der Waals surface area contributed by atoms with Gasteiger partial charge in [0.05, 0.1) is 16.5 Å². The van der Waals surface area contributed by atoms with Crippen LogP contribution in [0.4, 0.5) is 5.69 Å². The average molecular weight is 325 g/mol. The second-order valence-corrected chi connectivity index (χ2v) is 6.33. The Morgan fingerprint density at radius 1 is 1.43 bits per heavy atom. The van der Waals surface area contributed by atoms with E-state index in [-0.39, 0.29) is 11.7 Å². The largest absolute Gasteiger partial charge is 0.324 e. The Morgan fingerprint density at radius 3 is 2.90 bits per heavy atom. The van der Waals surface area contributed by atoms with Crippen molar-refractivity contribution in [1.82, 2.24) is 15.2 Å². The van der Waals surface area contributed by atoms with Gasteiger partial charge in [-0.25, -0.2) is 4.98 Å². The third-order valence-electron chi connectivity index (χ3n) is 2.59. The molecule has 0 atom stereocenters. The van der Waals surface area contributed by atoms with E-state index in [1.165, 1.54) is 11.8 Å². The van der Waals surface area contributed by atoms with Crippen molar-refractivity contribution in [1.29, 1.82) is 0 Å². The molecule has 0 spiro atoms. The van der Waals surface area contributed by atoms with Gasteiger partial charge in [0.2, 0.25) is 11.1 Å². The number of hydrogen-bond acceptors (Lipinski definition) is 4. The molecule has 2 N–H and O–H groups in total.